The van der Waals surface area contributed by atoms with Gasteiger partial charge in [-0.25, -0.2) is 14.8 Å². The molecule has 7 rings (SSSR count). The van der Waals surface area contributed by atoms with Gasteiger partial charge < -0.3 is 29.8 Å². The maximum absolute atomic E-state index is 14.2. The van der Waals surface area contributed by atoms with E-state index >= 15 is 0 Å². The molecule has 3 N–H and O–H groups in total. The van der Waals surface area contributed by atoms with Crippen LogP contribution in [0, 0.1) is 0 Å². The standard InChI is InChI=1S/C44H52N8O4/c1-5-34(49-44(55)56-4)42(53)51-25-11-15-37(51)40-45-27-35(47-40)31-21-17-29(18-22-31)30-19-23-32(24-20-30)36-28-46-41(48-36)38-16-12-26-52(38)43(54)39(50(6-2)7-3)33-13-9-8-10-14-33/h8-10,13-14,17-24,27-28,34,37-39H,5-7,11-12,15-16,25-26H2,1-4H3,(H,45,47)(H,46,48)(H,49,55)/t34-,37-,38-,39+/m0/s1. The second-order valence-corrected chi connectivity index (χ2v) is 14.5. The van der Waals surface area contributed by atoms with E-state index in [0.717, 1.165) is 96.2 Å². The summed E-state index contributed by atoms with van der Waals surface area (Å²) in [4.78, 5) is 61.9. The predicted molar refractivity (Wildman–Crippen MR) is 216 cm³/mol. The van der Waals surface area contributed by atoms with Crippen LogP contribution < -0.4 is 5.32 Å². The van der Waals surface area contributed by atoms with Crippen molar-refractivity contribution in [3.63, 3.8) is 0 Å². The lowest BCUT2D eigenvalue weighted by molar-refractivity contribution is -0.138. The van der Waals surface area contributed by atoms with E-state index in [4.69, 9.17) is 9.72 Å². The van der Waals surface area contributed by atoms with Crippen LogP contribution in [0.4, 0.5) is 4.79 Å². The number of amides is 3. The molecule has 3 amide bonds. The number of likely N-dealkylation sites (tertiary alicyclic amines) is 2. The second-order valence-electron chi connectivity index (χ2n) is 14.5. The summed E-state index contributed by atoms with van der Waals surface area (Å²) in [6.45, 7) is 9.00. The van der Waals surface area contributed by atoms with Gasteiger partial charge in [0.25, 0.3) is 0 Å². The monoisotopic (exact) mass is 756 g/mol. The number of rotatable bonds is 13. The Balaban J connectivity index is 1.01. The lowest BCUT2D eigenvalue weighted by Gasteiger charge is -2.34. The topological polar surface area (TPSA) is 140 Å². The van der Waals surface area contributed by atoms with E-state index in [1.807, 2.05) is 47.3 Å². The molecular formula is C44H52N8O4. The van der Waals surface area contributed by atoms with Crippen LogP contribution in [0.3, 0.4) is 0 Å². The molecule has 0 aliphatic carbocycles. The number of ether oxygens (including phenoxy) is 1. The van der Waals surface area contributed by atoms with Gasteiger partial charge in [-0.05, 0) is 73.0 Å². The number of nitrogens with one attached hydrogen (secondary N) is 3. The predicted octanol–water partition coefficient (Wildman–Crippen LogP) is 7.68. The molecule has 12 nitrogen and oxygen atoms in total. The maximum atomic E-state index is 14.2. The van der Waals surface area contributed by atoms with Crippen molar-refractivity contribution >= 4 is 17.9 Å². The largest absolute Gasteiger partial charge is 0.453 e. The summed E-state index contributed by atoms with van der Waals surface area (Å²) >= 11 is 0. The number of nitrogens with zero attached hydrogens (tertiary/aromatic N) is 5. The van der Waals surface area contributed by atoms with Gasteiger partial charge in [0.2, 0.25) is 11.8 Å². The minimum Gasteiger partial charge on any atom is -0.453 e. The van der Waals surface area contributed by atoms with Crippen LogP contribution in [0.5, 0.6) is 0 Å². The number of likely N-dealkylation sites (N-methyl/N-ethyl adjacent to an activating group) is 1. The Morgan fingerprint density at radius 1 is 0.732 bits per heavy atom. The van der Waals surface area contributed by atoms with Crippen LogP contribution in [0.1, 0.15) is 88.2 Å². The van der Waals surface area contributed by atoms with Crippen molar-refractivity contribution in [2.75, 3.05) is 33.3 Å². The molecule has 3 aromatic carbocycles. The molecule has 2 aliphatic rings. The Morgan fingerprint density at radius 3 is 1.68 bits per heavy atom. The first kappa shape index (κ1) is 38.5. The van der Waals surface area contributed by atoms with Gasteiger partial charge in [-0.1, -0.05) is 99.6 Å². The zero-order valence-corrected chi connectivity index (χ0v) is 32.7. The fraction of sp³-hybridized carbons (Fsp3) is 0.386. The van der Waals surface area contributed by atoms with Crippen LogP contribution in [0.2, 0.25) is 0 Å². The lowest BCUT2D eigenvalue weighted by atomic mass is 10.0. The van der Waals surface area contributed by atoms with Gasteiger partial charge in [0.05, 0.1) is 43.0 Å². The number of hydrogen-bond donors (Lipinski definition) is 3. The minimum atomic E-state index is -0.646. The smallest absolute Gasteiger partial charge is 0.407 e. The van der Waals surface area contributed by atoms with Crippen molar-refractivity contribution in [1.29, 1.82) is 0 Å². The number of carbonyl (C=O) groups excluding carboxylic acids is 3. The number of hydrogen-bond acceptors (Lipinski definition) is 7. The molecule has 0 bridgehead atoms. The molecule has 2 aromatic heterocycles. The van der Waals surface area contributed by atoms with Gasteiger partial charge in [-0.15, -0.1) is 0 Å². The molecule has 56 heavy (non-hydrogen) atoms. The molecule has 4 atom stereocenters. The highest BCUT2D eigenvalue weighted by Crippen LogP contribution is 2.36. The van der Waals surface area contributed by atoms with Gasteiger partial charge in [-0.2, -0.15) is 0 Å². The number of aromatic nitrogens is 4. The lowest BCUT2D eigenvalue weighted by Crippen LogP contribution is -2.48. The third kappa shape index (κ3) is 7.97. The number of imidazole rings is 2. The molecule has 5 aromatic rings. The summed E-state index contributed by atoms with van der Waals surface area (Å²) in [6, 6.07) is 25.6. The Labute approximate surface area is 328 Å². The fourth-order valence-electron chi connectivity index (χ4n) is 8.25. The van der Waals surface area contributed by atoms with Crippen LogP contribution in [-0.4, -0.2) is 91.9 Å². The van der Waals surface area contributed by atoms with Crippen LogP contribution in [0.25, 0.3) is 33.6 Å². The highest BCUT2D eigenvalue weighted by molar-refractivity contribution is 5.86. The first-order valence-electron chi connectivity index (χ1n) is 19.9. The van der Waals surface area contributed by atoms with Crippen LogP contribution in [-0.2, 0) is 14.3 Å². The molecule has 2 fully saturated rings. The maximum Gasteiger partial charge on any atom is 0.407 e. The van der Waals surface area contributed by atoms with Crippen molar-refractivity contribution in [3.05, 3.63) is 108 Å². The summed E-state index contributed by atoms with van der Waals surface area (Å²) < 4.78 is 4.72. The van der Waals surface area contributed by atoms with Crippen LogP contribution >= 0.6 is 0 Å². The zero-order chi connectivity index (χ0) is 39.2. The number of benzene rings is 3. The van der Waals surface area contributed by atoms with Gasteiger partial charge >= 0.3 is 6.09 Å². The number of H-pyrrole nitrogens is 2. The highest BCUT2D eigenvalue weighted by Gasteiger charge is 2.38. The molecule has 2 aliphatic heterocycles. The van der Waals surface area contributed by atoms with E-state index in [1.165, 1.54) is 7.11 Å². The molecule has 0 radical (unpaired) electrons. The van der Waals surface area contributed by atoms with Gasteiger partial charge in [0.15, 0.2) is 0 Å². The fourth-order valence-corrected chi connectivity index (χ4v) is 8.25. The molecule has 292 valence electrons. The number of alkyl carbamates (subject to hydrolysis) is 1. The first-order valence-corrected chi connectivity index (χ1v) is 19.9. The average Bonchev–Trinajstić information content (AvgIpc) is 4.09. The van der Waals surface area contributed by atoms with Gasteiger partial charge in [0.1, 0.15) is 23.7 Å². The first-order chi connectivity index (χ1) is 27.3. The number of carbonyl (C=O) groups is 3. The van der Waals surface area contributed by atoms with Gasteiger partial charge in [-0.3, -0.25) is 14.5 Å². The molecule has 12 heteroatoms. The van der Waals surface area contributed by atoms with E-state index in [9.17, 15) is 14.4 Å². The summed E-state index contributed by atoms with van der Waals surface area (Å²) in [7, 11) is 1.29. The van der Waals surface area contributed by atoms with Gasteiger partial charge in [0, 0.05) is 13.1 Å². The van der Waals surface area contributed by atoms with E-state index in [0.29, 0.717) is 13.0 Å². The molecule has 0 unspecified atom stereocenters. The van der Waals surface area contributed by atoms with Crippen LogP contribution in [0.15, 0.2) is 91.3 Å². The van der Waals surface area contributed by atoms with Crippen molar-refractivity contribution in [3.8, 4) is 33.6 Å². The summed E-state index contributed by atoms with van der Waals surface area (Å²) in [5.41, 5.74) is 7.03. The Bertz CT molecular complexity index is 2090. The summed E-state index contributed by atoms with van der Waals surface area (Å²) in [5, 5.41) is 2.66. The Kier molecular flexibility index (Phi) is 11.9. The van der Waals surface area contributed by atoms with Crippen molar-refractivity contribution < 1.29 is 19.1 Å². The van der Waals surface area contributed by atoms with Crippen molar-refractivity contribution in [1.82, 2.24) is 40.0 Å². The molecular weight excluding hydrogens is 705 g/mol. The Morgan fingerprint density at radius 2 is 1.21 bits per heavy atom. The molecule has 0 spiro atoms. The van der Waals surface area contributed by atoms with E-state index < -0.39 is 12.1 Å². The van der Waals surface area contributed by atoms with E-state index in [2.05, 4.69) is 99.7 Å². The average molecular weight is 757 g/mol. The van der Waals surface area contributed by atoms with E-state index in [1.54, 1.807) is 0 Å². The molecule has 4 heterocycles. The minimum absolute atomic E-state index is 0.0925. The summed E-state index contributed by atoms with van der Waals surface area (Å²) in [6.07, 6.45) is 7.03. The quantitative estimate of drug-likeness (QED) is 0.112. The molecule has 0 saturated carbocycles. The van der Waals surface area contributed by atoms with Crippen molar-refractivity contribution in [2.24, 2.45) is 0 Å². The molecule has 2 saturated heterocycles. The second kappa shape index (κ2) is 17.4. The van der Waals surface area contributed by atoms with E-state index in [-0.39, 0.29) is 29.9 Å². The normalized spacial score (nSPS) is 17.9. The number of methoxy groups -OCH3 is 1. The zero-order valence-electron chi connectivity index (χ0n) is 32.7. The SMILES string of the molecule is CC[C@H](NC(=O)OC)C(=O)N1CCC[C@H]1c1ncc(-c2ccc(-c3ccc(-c4cnc([C@@H]5CCCN5C(=O)[C@@H](c5ccccc5)N(CC)CC)[nH]4)cc3)cc2)[nH]1. The third-order valence-electron chi connectivity index (χ3n) is 11.3. The summed E-state index contributed by atoms with van der Waals surface area (Å²) in [5.74, 6) is 1.57. The highest BCUT2D eigenvalue weighted by atomic mass is 16.5. The Hall–Kier alpha value is -5.75. The van der Waals surface area contributed by atoms with Crippen molar-refractivity contribution in [2.45, 2.75) is 77.0 Å². The third-order valence-corrected chi connectivity index (χ3v) is 11.3. The number of aromatic amines is 2.